The van der Waals surface area contributed by atoms with Gasteiger partial charge in [-0.3, -0.25) is 14.4 Å². The number of ether oxygens (including phenoxy) is 2. The molecule has 1 heterocycles. The summed E-state index contributed by atoms with van der Waals surface area (Å²) in [5.74, 6) is -0.695. The van der Waals surface area contributed by atoms with E-state index in [1.807, 2.05) is 0 Å². The Labute approximate surface area is 201 Å². The summed E-state index contributed by atoms with van der Waals surface area (Å²) in [6.07, 6.45) is 0.697. The molecule has 0 bridgehead atoms. The third kappa shape index (κ3) is 8.14. The summed E-state index contributed by atoms with van der Waals surface area (Å²) in [5.41, 5.74) is 12.8. The van der Waals surface area contributed by atoms with Crippen LogP contribution in [0.15, 0.2) is 40.0 Å². The number of aryl methyl sites for hydroxylation is 1. The van der Waals surface area contributed by atoms with Crippen LogP contribution in [0.1, 0.15) is 42.6 Å². The standard InChI is InChI=1S/C23H30N4O6S/c1-3-32-19(28)10-9-17(23(31)33-4-2)26-21(29)15-7-5-14(6-8-15)11-12-34-20-16(24)13-18(25)27-22(20)30/h5-8,13,17H,3-4,9-12H2,1-2H3,(H,26,29)(H5,24,25,27,30). The highest BCUT2D eigenvalue weighted by molar-refractivity contribution is 7.99. The van der Waals surface area contributed by atoms with Gasteiger partial charge in [0.1, 0.15) is 11.9 Å². The topological polar surface area (TPSA) is 167 Å². The molecule has 0 aliphatic carbocycles. The second kappa shape index (κ2) is 13.3. The Morgan fingerprint density at radius 2 is 1.76 bits per heavy atom. The van der Waals surface area contributed by atoms with Crippen LogP contribution in [0, 0.1) is 0 Å². The van der Waals surface area contributed by atoms with Crippen molar-refractivity contribution in [3.05, 3.63) is 51.8 Å². The monoisotopic (exact) mass is 490 g/mol. The number of nitrogens with one attached hydrogen (secondary N) is 2. The lowest BCUT2D eigenvalue weighted by Crippen LogP contribution is -2.42. The summed E-state index contributed by atoms with van der Waals surface area (Å²) in [4.78, 5) is 51.4. The summed E-state index contributed by atoms with van der Waals surface area (Å²) in [7, 11) is 0. The van der Waals surface area contributed by atoms with Gasteiger partial charge in [-0.15, -0.1) is 11.8 Å². The smallest absolute Gasteiger partial charge is 0.328 e. The zero-order valence-electron chi connectivity index (χ0n) is 19.2. The molecule has 0 saturated heterocycles. The first kappa shape index (κ1) is 26.8. The quantitative estimate of drug-likeness (QED) is 0.256. The Bertz CT molecular complexity index is 1050. The maximum Gasteiger partial charge on any atom is 0.328 e. The van der Waals surface area contributed by atoms with Crippen molar-refractivity contribution in [1.29, 1.82) is 0 Å². The van der Waals surface area contributed by atoms with E-state index in [-0.39, 0.29) is 37.4 Å². The van der Waals surface area contributed by atoms with Crippen LogP contribution in [0.25, 0.3) is 0 Å². The predicted molar refractivity (Wildman–Crippen MR) is 131 cm³/mol. The Morgan fingerprint density at radius 1 is 1.09 bits per heavy atom. The van der Waals surface area contributed by atoms with Crippen molar-refractivity contribution in [3.8, 4) is 0 Å². The van der Waals surface area contributed by atoms with E-state index in [1.54, 1.807) is 38.1 Å². The van der Waals surface area contributed by atoms with Crippen molar-refractivity contribution in [1.82, 2.24) is 10.3 Å². The van der Waals surface area contributed by atoms with E-state index in [4.69, 9.17) is 20.9 Å². The minimum Gasteiger partial charge on any atom is -0.466 e. The zero-order chi connectivity index (χ0) is 25.1. The molecular weight excluding hydrogens is 460 g/mol. The van der Waals surface area contributed by atoms with Gasteiger partial charge in [-0.2, -0.15) is 0 Å². The number of pyridine rings is 1. The fraction of sp³-hybridized carbons (Fsp3) is 0.391. The van der Waals surface area contributed by atoms with Gasteiger partial charge in [0.25, 0.3) is 11.5 Å². The molecule has 1 aromatic heterocycles. The lowest BCUT2D eigenvalue weighted by Gasteiger charge is -2.17. The number of hydrogen-bond acceptors (Lipinski definition) is 9. The lowest BCUT2D eigenvalue weighted by atomic mass is 10.1. The third-order valence-electron chi connectivity index (χ3n) is 4.71. The molecule has 10 nitrogen and oxygen atoms in total. The summed E-state index contributed by atoms with van der Waals surface area (Å²) >= 11 is 1.32. The zero-order valence-corrected chi connectivity index (χ0v) is 20.0. The van der Waals surface area contributed by atoms with Crippen molar-refractivity contribution in [3.63, 3.8) is 0 Å². The second-order valence-electron chi connectivity index (χ2n) is 7.26. The minimum atomic E-state index is -0.962. The Morgan fingerprint density at radius 3 is 2.38 bits per heavy atom. The highest BCUT2D eigenvalue weighted by Gasteiger charge is 2.24. The molecular formula is C23H30N4O6S. The fourth-order valence-corrected chi connectivity index (χ4v) is 4.01. The van der Waals surface area contributed by atoms with Crippen LogP contribution < -0.4 is 22.3 Å². The number of rotatable bonds is 12. The number of thioether (sulfide) groups is 1. The number of nitrogens with two attached hydrogens (primary N) is 2. The number of aromatic amines is 1. The van der Waals surface area contributed by atoms with Gasteiger partial charge in [0.05, 0.1) is 23.8 Å². The van der Waals surface area contributed by atoms with Gasteiger partial charge >= 0.3 is 11.9 Å². The first-order valence-corrected chi connectivity index (χ1v) is 11.9. The highest BCUT2D eigenvalue weighted by atomic mass is 32.2. The average Bonchev–Trinajstić information content (AvgIpc) is 2.79. The van der Waals surface area contributed by atoms with Crippen LogP contribution in [0.5, 0.6) is 0 Å². The molecule has 2 aromatic rings. The summed E-state index contributed by atoms with van der Waals surface area (Å²) < 4.78 is 9.88. The van der Waals surface area contributed by atoms with E-state index in [9.17, 15) is 19.2 Å². The van der Waals surface area contributed by atoms with Gasteiger partial charge < -0.3 is 31.2 Å². The van der Waals surface area contributed by atoms with E-state index in [2.05, 4.69) is 10.3 Å². The van der Waals surface area contributed by atoms with Crippen LogP contribution >= 0.6 is 11.8 Å². The number of esters is 2. The number of carbonyl (C=O) groups excluding carboxylic acids is 3. The Hall–Kier alpha value is -3.47. The van der Waals surface area contributed by atoms with Gasteiger partial charge in [-0.1, -0.05) is 12.1 Å². The second-order valence-corrected chi connectivity index (χ2v) is 8.36. The SMILES string of the molecule is CCOC(=O)CCC(NC(=O)c1ccc(CCSc2c(N)cc(N)[nH]c2=O)cc1)C(=O)OCC. The van der Waals surface area contributed by atoms with E-state index in [0.717, 1.165) is 5.56 Å². The number of aromatic nitrogens is 1. The molecule has 1 atom stereocenters. The van der Waals surface area contributed by atoms with Gasteiger partial charge in [-0.05, 0) is 44.4 Å². The van der Waals surface area contributed by atoms with Gasteiger partial charge in [0.2, 0.25) is 0 Å². The molecule has 1 amide bonds. The molecule has 0 spiro atoms. The largest absolute Gasteiger partial charge is 0.466 e. The normalized spacial score (nSPS) is 11.5. The number of carbonyl (C=O) groups is 3. The molecule has 0 radical (unpaired) electrons. The first-order chi connectivity index (χ1) is 16.2. The molecule has 1 unspecified atom stereocenters. The number of anilines is 2. The molecule has 0 saturated carbocycles. The van der Waals surface area contributed by atoms with Crippen LogP contribution in [-0.2, 0) is 25.5 Å². The van der Waals surface area contributed by atoms with Crippen molar-refractivity contribution in [2.45, 2.75) is 44.0 Å². The van der Waals surface area contributed by atoms with Crippen LogP contribution in [0.4, 0.5) is 11.5 Å². The summed E-state index contributed by atoms with van der Waals surface area (Å²) in [5, 5.41) is 2.63. The Kier molecular flexibility index (Phi) is 10.5. The number of nitrogen functional groups attached to an aromatic ring is 2. The van der Waals surface area contributed by atoms with Crippen LogP contribution in [0.3, 0.4) is 0 Å². The summed E-state index contributed by atoms with van der Waals surface area (Å²) in [6.45, 7) is 3.75. The lowest BCUT2D eigenvalue weighted by molar-refractivity contribution is -0.146. The van der Waals surface area contributed by atoms with E-state index in [1.165, 1.54) is 17.8 Å². The molecule has 11 heteroatoms. The third-order valence-corrected chi connectivity index (χ3v) is 5.83. The van der Waals surface area contributed by atoms with E-state index in [0.29, 0.717) is 28.3 Å². The van der Waals surface area contributed by atoms with E-state index >= 15 is 0 Å². The number of amides is 1. The van der Waals surface area contributed by atoms with E-state index < -0.39 is 23.9 Å². The van der Waals surface area contributed by atoms with Gasteiger partial charge in [0, 0.05) is 23.8 Å². The van der Waals surface area contributed by atoms with Crippen molar-refractivity contribution in [2.75, 3.05) is 30.4 Å². The Balaban J connectivity index is 1.95. The maximum atomic E-state index is 12.6. The molecule has 34 heavy (non-hydrogen) atoms. The first-order valence-electron chi connectivity index (χ1n) is 10.9. The van der Waals surface area contributed by atoms with Crippen molar-refractivity contribution in [2.24, 2.45) is 0 Å². The van der Waals surface area contributed by atoms with Gasteiger partial charge in [-0.25, -0.2) is 4.79 Å². The molecule has 0 aliphatic heterocycles. The molecule has 184 valence electrons. The number of H-pyrrole nitrogens is 1. The molecule has 2 rings (SSSR count). The average molecular weight is 491 g/mol. The van der Waals surface area contributed by atoms with Gasteiger partial charge in [0.15, 0.2) is 0 Å². The van der Waals surface area contributed by atoms with Crippen molar-refractivity contribution < 1.29 is 23.9 Å². The van der Waals surface area contributed by atoms with Crippen LogP contribution in [0.2, 0.25) is 0 Å². The molecule has 0 aliphatic rings. The fourth-order valence-electron chi connectivity index (χ4n) is 3.06. The number of hydrogen-bond donors (Lipinski definition) is 4. The molecule has 6 N–H and O–H groups in total. The minimum absolute atomic E-state index is 0.0183. The number of benzene rings is 1. The highest BCUT2D eigenvalue weighted by Crippen LogP contribution is 2.22. The van der Waals surface area contributed by atoms with Crippen molar-refractivity contribution >= 4 is 41.1 Å². The summed E-state index contributed by atoms with van der Waals surface area (Å²) in [6, 6.07) is 7.43. The molecule has 0 fully saturated rings. The van der Waals surface area contributed by atoms with Crippen LogP contribution in [-0.4, -0.2) is 47.8 Å². The molecule has 1 aromatic carbocycles. The predicted octanol–water partition coefficient (Wildman–Crippen LogP) is 1.88. The maximum absolute atomic E-state index is 12.6.